The van der Waals surface area contributed by atoms with Crippen molar-refractivity contribution in [1.82, 2.24) is 20.8 Å². The quantitative estimate of drug-likeness (QED) is 0.197. The molecule has 1 amide bonds. The number of hydrogen-bond donors (Lipinski definition) is 2. The van der Waals surface area contributed by atoms with Crippen molar-refractivity contribution in [3.8, 4) is 28.3 Å². The van der Waals surface area contributed by atoms with E-state index >= 15 is 0 Å². The molecule has 0 unspecified atom stereocenters. The Balaban J connectivity index is 0.973. The molecule has 1 aliphatic heterocycles. The van der Waals surface area contributed by atoms with Gasteiger partial charge in [0.15, 0.2) is 0 Å². The first-order valence-corrected chi connectivity index (χ1v) is 15.9. The van der Waals surface area contributed by atoms with Crippen LogP contribution in [-0.4, -0.2) is 49.0 Å². The Morgan fingerprint density at radius 2 is 1.77 bits per heavy atom. The van der Waals surface area contributed by atoms with Gasteiger partial charge in [-0.1, -0.05) is 36.4 Å². The number of rotatable bonds is 10. The minimum atomic E-state index is -0.392. The zero-order valence-corrected chi connectivity index (χ0v) is 25.1. The molecule has 3 aromatic carbocycles. The van der Waals surface area contributed by atoms with Crippen LogP contribution in [0.3, 0.4) is 0 Å². The lowest BCUT2D eigenvalue weighted by atomic mass is 9.96. The fraction of sp³-hybridized carbons (Fsp3) is 0.286. The van der Waals surface area contributed by atoms with Gasteiger partial charge in [0.05, 0.1) is 17.9 Å². The molecule has 0 atom stereocenters. The summed E-state index contributed by atoms with van der Waals surface area (Å²) in [5, 5.41) is 18.7. The van der Waals surface area contributed by atoms with Crippen LogP contribution in [0.15, 0.2) is 72.1 Å². The Morgan fingerprint density at radius 3 is 2.64 bits per heavy atom. The van der Waals surface area contributed by atoms with Crippen LogP contribution in [-0.2, 0) is 35.3 Å². The number of carbonyl (C=O) groups is 1. The number of benzene rings is 3. The molecule has 0 spiro atoms. The third-order valence-electron chi connectivity index (χ3n) is 8.40. The van der Waals surface area contributed by atoms with E-state index in [9.17, 15) is 9.18 Å². The van der Waals surface area contributed by atoms with Crippen molar-refractivity contribution in [2.75, 3.05) is 32.9 Å². The maximum atomic E-state index is 14.3. The maximum absolute atomic E-state index is 14.3. The van der Waals surface area contributed by atoms with Crippen LogP contribution < -0.4 is 15.4 Å². The lowest BCUT2D eigenvalue weighted by Crippen LogP contribution is -2.33. The third kappa shape index (κ3) is 5.95. The molecule has 0 radical (unpaired) electrons. The van der Waals surface area contributed by atoms with Crippen LogP contribution in [0.2, 0.25) is 0 Å². The Kier molecular flexibility index (Phi) is 8.33. The fourth-order valence-electron chi connectivity index (χ4n) is 6.15. The van der Waals surface area contributed by atoms with E-state index in [1.54, 1.807) is 17.4 Å². The molecule has 7 rings (SSSR count). The summed E-state index contributed by atoms with van der Waals surface area (Å²) in [6.07, 6.45) is 2.55. The first kappa shape index (κ1) is 28.6. The number of aromatic nitrogens is 2. The van der Waals surface area contributed by atoms with Gasteiger partial charge in [-0.3, -0.25) is 4.79 Å². The summed E-state index contributed by atoms with van der Waals surface area (Å²) in [5.41, 5.74) is 8.41. The third-order valence-corrected chi connectivity index (χ3v) is 9.32. The summed E-state index contributed by atoms with van der Waals surface area (Å²) in [6.45, 7) is 3.18. The van der Waals surface area contributed by atoms with Crippen molar-refractivity contribution in [3.05, 3.63) is 100 Å². The van der Waals surface area contributed by atoms with Gasteiger partial charge in [0.2, 0.25) is 5.91 Å². The summed E-state index contributed by atoms with van der Waals surface area (Å²) in [6, 6.07) is 21.3. The Labute approximate surface area is 259 Å². The number of fused-ring (bicyclic) bond motifs is 3. The predicted molar refractivity (Wildman–Crippen MR) is 170 cm³/mol. The van der Waals surface area contributed by atoms with Crippen LogP contribution in [0, 0.1) is 11.7 Å². The number of thiophene rings is 1. The molecule has 2 N–H and O–H groups in total. The van der Waals surface area contributed by atoms with Crippen molar-refractivity contribution in [2.45, 2.75) is 25.8 Å². The maximum Gasteiger partial charge on any atom is 0.223 e. The molecular weight excluding hydrogens is 575 g/mol. The number of nitrogens with zero attached hydrogens (tertiary/aromatic N) is 2. The molecule has 3 heterocycles. The van der Waals surface area contributed by atoms with E-state index in [-0.39, 0.29) is 18.4 Å². The van der Waals surface area contributed by atoms with E-state index in [4.69, 9.17) is 9.47 Å². The normalized spacial score (nSPS) is 14.4. The lowest BCUT2D eigenvalue weighted by molar-refractivity contribution is -0.124. The molecule has 0 saturated carbocycles. The van der Waals surface area contributed by atoms with Gasteiger partial charge in [-0.2, -0.15) is 0 Å². The van der Waals surface area contributed by atoms with Gasteiger partial charge in [0.1, 0.15) is 29.6 Å². The van der Waals surface area contributed by atoms with Gasteiger partial charge in [0.25, 0.3) is 0 Å². The molecule has 44 heavy (non-hydrogen) atoms. The second kappa shape index (κ2) is 12.8. The summed E-state index contributed by atoms with van der Waals surface area (Å²) in [5.74, 6) is 0.0313. The second-order valence-corrected chi connectivity index (χ2v) is 12.2. The van der Waals surface area contributed by atoms with Crippen molar-refractivity contribution >= 4 is 27.3 Å². The number of amides is 1. The minimum Gasteiger partial charge on any atom is -0.490 e. The number of halogens is 1. The molecule has 9 heteroatoms. The number of hydrogen-bond acceptors (Lipinski definition) is 7. The fourth-order valence-corrected chi connectivity index (χ4v) is 7.05. The minimum absolute atomic E-state index is 0.0235. The zero-order chi connectivity index (χ0) is 29.9. The highest BCUT2D eigenvalue weighted by Crippen LogP contribution is 2.39. The van der Waals surface area contributed by atoms with E-state index in [1.165, 1.54) is 34.4 Å². The largest absolute Gasteiger partial charge is 0.490 e. The molecule has 0 saturated heterocycles. The van der Waals surface area contributed by atoms with Gasteiger partial charge in [0, 0.05) is 41.6 Å². The lowest BCUT2D eigenvalue weighted by Gasteiger charge is -2.18. The van der Waals surface area contributed by atoms with E-state index in [2.05, 4.69) is 57.2 Å². The van der Waals surface area contributed by atoms with Crippen LogP contribution in [0.25, 0.3) is 32.6 Å². The molecular formula is C35H33FN4O3S. The molecule has 1 aliphatic carbocycles. The summed E-state index contributed by atoms with van der Waals surface area (Å²) >= 11 is 1.58. The molecule has 0 bridgehead atoms. The molecule has 7 nitrogen and oxygen atoms in total. The van der Waals surface area contributed by atoms with Crippen LogP contribution >= 0.6 is 11.3 Å². The van der Waals surface area contributed by atoms with Crippen molar-refractivity contribution in [1.29, 1.82) is 0 Å². The number of nitrogens with one attached hydrogen (secondary N) is 2. The standard InChI is InChI=1S/C35H33FN4O3S/c36-28-7-8-29(31(20-28)43-15-14-42-13-12-38-35(41)27-18-22-3-1-2-4-23(22)19-27)33-34-30(10-16-44-34)32(39-40-33)25-5-6-26-21-37-11-9-24(26)17-25/h1-8,10,16-17,20,27,37H,9,11-15,18-19,21H2,(H,38,41). The van der Waals surface area contributed by atoms with Crippen LogP contribution in [0.1, 0.15) is 22.3 Å². The highest BCUT2D eigenvalue weighted by Gasteiger charge is 2.26. The zero-order valence-electron chi connectivity index (χ0n) is 24.3. The first-order chi connectivity index (χ1) is 21.6. The van der Waals surface area contributed by atoms with Crippen molar-refractivity contribution in [2.24, 2.45) is 5.92 Å². The smallest absolute Gasteiger partial charge is 0.223 e. The van der Waals surface area contributed by atoms with E-state index in [0.29, 0.717) is 36.8 Å². The van der Waals surface area contributed by atoms with E-state index in [0.717, 1.165) is 53.7 Å². The second-order valence-electron chi connectivity index (χ2n) is 11.2. The van der Waals surface area contributed by atoms with Gasteiger partial charge in [-0.25, -0.2) is 4.39 Å². The Morgan fingerprint density at radius 1 is 0.932 bits per heavy atom. The highest BCUT2D eigenvalue weighted by molar-refractivity contribution is 7.17. The van der Waals surface area contributed by atoms with Gasteiger partial charge in [-0.15, -0.1) is 21.5 Å². The van der Waals surface area contributed by atoms with Gasteiger partial charge < -0.3 is 20.1 Å². The average Bonchev–Trinajstić information content (AvgIpc) is 3.72. The monoisotopic (exact) mass is 608 g/mol. The Bertz CT molecular complexity index is 1800. The van der Waals surface area contributed by atoms with Gasteiger partial charge in [-0.05, 0) is 77.7 Å². The predicted octanol–water partition coefficient (Wildman–Crippen LogP) is 5.74. The molecule has 2 aromatic heterocycles. The summed E-state index contributed by atoms with van der Waals surface area (Å²) < 4.78 is 27.0. The number of carbonyl (C=O) groups excluding carboxylic acids is 1. The summed E-state index contributed by atoms with van der Waals surface area (Å²) in [4.78, 5) is 12.6. The Hall–Kier alpha value is -4.18. The van der Waals surface area contributed by atoms with E-state index in [1.807, 2.05) is 17.5 Å². The highest BCUT2D eigenvalue weighted by atomic mass is 32.1. The topological polar surface area (TPSA) is 85.4 Å². The van der Waals surface area contributed by atoms with Crippen LogP contribution in [0.5, 0.6) is 5.75 Å². The first-order valence-electron chi connectivity index (χ1n) is 15.1. The summed E-state index contributed by atoms with van der Waals surface area (Å²) in [7, 11) is 0. The molecule has 224 valence electrons. The SMILES string of the molecule is O=C(NCCOCCOc1cc(F)ccc1-c1nnc(-c2ccc3c(c2)CCNC3)c2ccsc12)C1Cc2ccccc2C1. The van der Waals surface area contributed by atoms with Crippen molar-refractivity contribution in [3.63, 3.8) is 0 Å². The average molecular weight is 609 g/mol. The van der Waals surface area contributed by atoms with E-state index < -0.39 is 5.82 Å². The molecule has 2 aliphatic rings. The number of ether oxygens (including phenoxy) is 2. The van der Waals surface area contributed by atoms with Crippen molar-refractivity contribution < 1.29 is 18.7 Å². The van der Waals surface area contributed by atoms with Crippen LogP contribution in [0.4, 0.5) is 4.39 Å². The van der Waals surface area contributed by atoms with Gasteiger partial charge >= 0.3 is 0 Å². The molecule has 5 aromatic rings. The molecule has 0 fully saturated rings.